The van der Waals surface area contributed by atoms with Crippen molar-refractivity contribution in [2.75, 3.05) is 28.4 Å². The summed E-state index contributed by atoms with van der Waals surface area (Å²) in [7, 11) is 6.65. The van der Waals surface area contributed by atoms with Gasteiger partial charge in [0.25, 0.3) is 0 Å². The Morgan fingerprint density at radius 1 is 0.885 bits per heavy atom. The molecule has 6 nitrogen and oxygen atoms in total. The van der Waals surface area contributed by atoms with Gasteiger partial charge in [0, 0.05) is 30.2 Å². The summed E-state index contributed by atoms with van der Waals surface area (Å²) in [4.78, 5) is 4.26. The highest BCUT2D eigenvalue weighted by Crippen LogP contribution is 2.27. The normalized spacial score (nSPS) is 11.0. The molecule has 0 unspecified atom stereocenters. The number of methoxy groups -OCH3 is 3. The second-order valence-electron chi connectivity index (χ2n) is 5.42. The lowest BCUT2D eigenvalue weighted by molar-refractivity contribution is 0.354. The van der Waals surface area contributed by atoms with Crippen molar-refractivity contribution in [3.63, 3.8) is 0 Å². The van der Waals surface area contributed by atoms with Crippen molar-refractivity contribution in [2.24, 2.45) is 4.99 Å². The minimum atomic E-state index is 0.591. The van der Waals surface area contributed by atoms with Crippen molar-refractivity contribution in [2.45, 2.75) is 13.1 Å². The maximum absolute atomic E-state index is 5.40. The number of benzene rings is 2. The minimum Gasteiger partial charge on any atom is -0.496 e. The van der Waals surface area contributed by atoms with E-state index in [1.165, 1.54) is 0 Å². The smallest absolute Gasteiger partial charge is 0.191 e. The van der Waals surface area contributed by atoms with Gasteiger partial charge in [0.2, 0.25) is 0 Å². The van der Waals surface area contributed by atoms with Crippen LogP contribution in [0.4, 0.5) is 0 Å². The van der Waals surface area contributed by atoms with Gasteiger partial charge in [-0.3, -0.25) is 4.99 Å². The Balaban J connectivity index is 1.97. The molecule has 0 aliphatic heterocycles. The van der Waals surface area contributed by atoms with Gasteiger partial charge < -0.3 is 24.8 Å². The van der Waals surface area contributed by atoms with E-state index in [1.807, 2.05) is 36.4 Å². The monoisotopic (exact) mass is 421 g/mol. The minimum absolute atomic E-state index is 0.591. The van der Waals surface area contributed by atoms with Crippen LogP contribution in [0.3, 0.4) is 0 Å². The Bertz CT molecular complexity index is 766. The molecule has 2 N–H and O–H groups in total. The first-order chi connectivity index (χ1) is 12.6. The lowest BCUT2D eigenvalue weighted by atomic mass is 10.2. The second kappa shape index (κ2) is 9.91. The summed E-state index contributed by atoms with van der Waals surface area (Å²) in [6.45, 7) is 1.20. The van der Waals surface area contributed by atoms with Crippen molar-refractivity contribution < 1.29 is 14.2 Å². The van der Waals surface area contributed by atoms with Gasteiger partial charge in [0.1, 0.15) is 5.75 Å². The van der Waals surface area contributed by atoms with Gasteiger partial charge in [-0.1, -0.05) is 22.0 Å². The van der Waals surface area contributed by atoms with Crippen molar-refractivity contribution in [1.82, 2.24) is 10.6 Å². The molecule has 0 aromatic heterocycles. The fourth-order valence-corrected chi connectivity index (χ4v) is 2.87. The van der Waals surface area contributed by atoms with Gasteiger partial charge in [-0.05, 0) is 35.9 Å². The van der Waals surface area contributed by atoms with Crippen LogP contribution in [-0.4, -0.2) is 34.3 Å². The Kier molecular flexibility index (Phi) is 7.59. The fourth-order valence-electron chi connectivity index (χ4n) is 2.46. The Morgan fingerprint density at radius 2 is 1.54 bits per heavy atom. The molecular formula is C19H24BrN3O3. The zero-order chi connectivity index (χ0) is 18.9. The van der Waals surface area contributed by atoms with E-state index in [2.05, 4.69) is 31.6 Å². The molecule has 0 aliphatic rings. The van der Waals surface area contributed by atoms with Crippen LogP contribution in [0.2, 0.25) is 0 Å². The van der Waals surface area contributed by atoms with Crippen molar-refractivity contribution in [3.8, 4) is 17.2 Å². The van der Waals surface area contributed by atoms with Crippen LogP contribution in [0.5, 0.6) is 17.2 Å². The number of guanidine groups is 1. The summed E-state index contributed by atoms with van der Waals surface area (Å²) >= 11 is 3.48. The van der Waals surface area contributed by atoms with E-state index >= 15 is 0 Å². The second-order valence-corrected chi connectivity index (χ2v) is 6.34. The molecule has 0 bridgehead atoms. The quantitative estimate of drug-likeness (QED) is 0.530. The molecule has 2 aromatic rings. The topological polar surface area (TPSA) is 64.1 Å². The lowest BCUT2D eigenvalue weighted by Gasteiger charge is -2.15. The van der Waals surface area contributed by atoms with Gasteiger partial charge >= 0.3 is 0 Å². The molecular weight excluding hydrogens is 398 g/mol. The molecule has 0 fully saturated rings. The van der Waals surface area contributed by atoms with Crippen molar-refractivity contribution >= 4 is 21.9 Å². The number of halogens is 1. The molecule has 140 valence electrons. The molecule has 0 spiro atoms. The molecule has 7 heteroatoms. The first-order valence-corrected chi connectivity index (χ1v) is 8.88. The van der Waals surface area contributed by atoms with Crippen LogP contribution < -0.4 is 24.8 Å². The summed E-state index contributed by atoms with van der Waals surface area (Å²) in [5.41, 5.74) is 2.10. The van der Waals surface area contributed by atoms with E-state index < -0.39 is 0 Å². The SMILES string of the molecule is CN=C(NCc1ccc(OC)c(OC)c1)NCc1cc(Br)ccc1OC. The van der Waals surface area contributed by atoms with E-state index in [-0.39, 0.29) is 0 Å². The van der Waals surface area contributed by atoms with Crippen molar-refractivity contribution in [1.29, 1.82) is 0 Å². The third kappa shape index (κ3) is 5.29. The largest absolute Gasteiger partial charge is 0.496 e. The molecule has 2 aromatic carbocycles. The van der Waals surface area contributed by atoms with Crippen LogP contribution >= 0.6 is 15.9 Å². The average molecular weight is 422 g/mol. The Labute approximate surface area is 162 Å². The third-order valence-corrected chi connectivity index (χ3v) is 4.31. The molecule has 26 heavy (non-hydrogen) atoms. The fraction of sp³-hybridized carbons (Fsp3) is 0.316. The van der Waals surface area contributed by atoms with Gasteiger partial charge in [-0.25, -0.2) is 0 Å². The van der Waals surface area contributed by atoms with E-state index in [9.17, 15) is 0 Å². The lowest BCUT2D eigenvalue weighted by Crippen LogP contribution is -2.36. The van der Waals surface area contributed by atoms with Gasteiger partial charge in [-0.15, -0.1) is 0 Å². The number of ether oxygens (including phenoxy) is 3. The molecule has 0 atom stereocenters. The zero-order valence-electron chi connectivity index (χ0n) is 15.4. The summed E-state index contributed by atoms with van der Waals surface area (Å²) in [5, 5.41) is 6.58. The van der Waals surface area contributed by atoms with Crippen LogP contribution in [0.1, 0.15) is 11.1 Å². The van der Waals surface area contributed by atoms with Crippen molar-refractivity contribution in [3.05, 3.63) is 52.0 Å². The molecule has 0 amide bonds. The first-order valence-electron chi connectivity index (χ1n) is 8.09. The molecule has 0 saturated carbocycles. The van der Waals surface area contributed by atoms with E-state index in [4.69, 9.17) is 14.2 Å². The molecule has 0 heterocycles. The Hall–Kier alpha value is -2.41. The number of hydrogen-bond acceptors (Lipinski definition) is 4. The molecule has 0 aliphatic carbocycles. The van der Waals surface area contributed by atoms with Crippen LogP contribution in [-0.2, 0) is 13.1 Å². The summed E-state index contributed by atoms with van der Waals surface area (Å²) in [6, 6.07) is 11.7. The predicted octanol–water partition coefficient (Wildman–Crippen LogP) is 3.34. The number of hydrogen-bond donors (Lipinski definition) is 2. The summed E-state index contributed by atoms with van der Waals surface area (Å²) < 4.78 is 17.0. The van der Waals surface area contributed by atoms with Crippen LogP contribution in [0.25, 0.3) is 0 Å². The van der Waals surface area contributed by atoms with E-state index in [1.54, 1.807) is 28.4 Å². The standard InChI is InChI=1S/C19H24BrN3O3/c1-21-19(23-12-14-10-15(20)6-8-16(14)24-2)22-11-13-5-7-17(25-3)18(9-13)26-4/h5-10H,11-12H2,1-4H3,(H2,21,22,23). The summed E-state index contributed by atoms with van der Waals surface area (Å²) in [5.74, 6) is 2.94. The number of nitrogens with zero attached hydrogens (tertiary/aromatic N) is 1. The molecule has 2 rings (SSSR count). The van der Waals surface area contributed by atoms with Gasteiger partial charge in [0.05, 0.1) is 21.3 Å². The highest BCUT2D eigenvalue weighted by molar-refractivity contribution is 9.10. The Morgan fingerprint density at radius 3 is 2.19 bits per heavy atom. The van der Waals surface area contributed by atoms with Gasteiger partial charge in [0.15, 0.2) is 17.5 Å². The maximum atomic E-state index is 5.40. The first kappa shape index (κ1) is 19.9. The number of rotatable bonds is 7. The van der Waals surface area contributed by atoms with Crippen LogP contribution in [0.15, 0.2) is 45.9 Å². The van der Waals surface area contributed by atoms with Gasteiger partial charge in [-0.2, -0.15) is 0 Å². The number of nitrogens with one attached hydrogen (secondary N) is 2. The third-order valence-electron chi connectivity index (χ3n) is 3.82. The average Bonchev–Trinajstić information content (AvgIpc) is 2.68. The summed E-state index contributed by atoms with van der Waals surface area (Å²) in [6.07, 6.45) is 0. The predicted molar refractivity (Wildman–Crippen MR) is 107 cm³/mol. The van der Waals surface area contributed by atoms with E-state index in [0.29, 0.717) is 30.5 Å². The maximum Gasteiger partial charge on any atom is 0.191 e. The molecule has 0 saturated heterocycles. The highest BCUT2D eigenvalue weighted by atomic mass is 79.9. The van der Waals surface area contributed by atoms with E-state index in [0.717, 1.165) is 21.3 Å². The highest BCUT2D eigenvalue weighted by Gasteiger charge is 2.07. The zero-order valence-corrected chi connectivity index (χ0v) is 17.0. The molecule has 0 radical (unpaired) electrons. The van der Waals surface area contributed by atoms with Crippen LogP contribution in [0, 0.1) is 0 Å². The number of aliphatic imine (C=N–C) groups is 1.